The molecule has 0 saturated heterocycles. The van der Waals surface area contributed by atoms with E-state index in [2.05, 4.69) is 46.5 Å². The van der Waals surface area contributed by atoms with Crippen LogP contribution in [0.3, 0.4) is 0 Å². The molecule has 0 fully saturated rings. The lowest BCUT2D eigenvalue weighted by molar-refractivity contribution is 0.579. The average molecular weight is 436 g/mol. The van der Waals surface area contributed by atoms with Crippen LogP contribution >= 0.6 is 31.9 Å². The fraction of sp³-hybridized carbons (Fsp3) is 0.167. The summed E-state index contributed by atoms with van der Waals surface area (Å²) in [4.78, 5) is 8.26. The monoisotopic (exact) mass is 434 g/mol. The minimum Gasteiger partial charge on any atom is -0.399 e. The minimum absolute atomic E-state index is 0.0544. The number of hydrogen-bond acceptors (Lipinski definition) is 5. The quantitative estimate of drug-likeness (QED) is 0.718. The van der Waals surface area contributed by atoms with E-state index in [0.29, 0.717) is 20.3 Å². The van der Waals surface area contributed by atoms with Crippen molar-refractivity contribution < 1.29 is 8.42 Å². The highest BCUT2D eigenvalue weighted by Gasteiger charge is 2.21. The van der Waals surface area contributed by atoms with Crippen molar-refractivity contribution in [1.82, 2.24) is 14.7 Å². The molecule has 0 amide bonds. The Morgan fingerprint density at radius 1 is 1.19 bits per heavy atom. The van der Waals surface area contributed by atoms with E-state index in [1.165, 1.54) is 18.3 Å². The zero-order chi connectivity index (χ0) is 15.6. The molecule has 0 saturated carbocycles. The molecule has 3 N–H and O–H groups in total. The largest absolute Gasteiger partial charge is 0.399 e. The first-order chi connectivity index (χ1) is 9.79. The minimum atomic E-state index is -3.71. The Labute approximate surface area is 139 Å². The maximum atomic E-state index is 12.4. The van der Waals surface area contributed by atoms with Gasteiger partial charge in [-0.3, -0.25) is 9.97 Å². The number of aryl methyl sites for hydroxylation is 1. The van der Waals surface area contributed by atoms with Crippen molar-refractivity contribution >= 4 is 47.6 Å². The van der Waals surface area contributed by atoms with Gasteiger partial charge in [-0.1, -0.05) is 0 Å². The molecular weight excluding hydrogens is 424 g/mol. The Balaban J connectivity index is 2.25. The van der Waals surface area contributed by atoms with Gasteiger partial charge in [0.15, 0.2) is 0 Å². The standard InChI is InChI=1S/C12H12Br2N4O2S/c1-7-4-17-9(5-16-7)6-18-21(19,20)12-10(13)2-8(15)3-11(12)14/h2-5,18H,6,15H2,1H3. The van der Waals surface area contributed by atoms with Crippen LogP contribution in [0.25, 0.3) is 0 Å². The van der Waals surface area contributed by atoms with E-state index in [0.717, 1.165) is 5.69 Å². The highest BCUT2D eigenvalue weighted by molar-refractivity contribution is 9.11. The average Bonchev–Trinajstić information content (AvgIpc) is 2.36. The smallest absolute Gasteiger partial charge is 0.243 e. The Kier molecular flexibility index (Phi) is 4.97. The summed E-state index contributed by atoms with van der Waals surface area (Å²) in [6.45, 7) is 1.86. The summed E-state index contributed by atoms with van der Waals surface area (Å²) < 4.78 is 28.0. The van der Waals surface area contributed by atoms with Gasteiger partial charge in [0.25, 0.3) is 0 Å². The lowest BCUT2D eigenvalue weighted by atomic mass is 10.3. The van der Waals surface area contributed by atoms with Crippen LogP contribution in [0.1, 0.15) is 11.4 Å². The van der Waals surface area contributed by atoms with Crippen LogP contribution in [0.5, 0.6) is 0 Å². The predicted molar refractivity (Wildman–Crippen MR) is 87.0 cm³/mol. The molecule has 2 aromatic rings. The van der Waals surface area contributed by atoms with Gasteiger partial charge in [-0.2, -0.15) is 0 Å². The molecule has 6 nitrogen and oxygen atoms in total. The van der Waals surface area contributed by atoms with Crippen molar-refractivity contribution in [2.24, 2.45) is 0 Å². The molecule has 112 valence electrons. The molecule has 0 radical (unpaired) electrons. The van der Waals surface area contributed by atoms with Crippen LogP contribution in [0.2, 0.25) is 0 Å². The molecular formula is C12H12Br2N4O2S. The van der Waals surface area contributed by atoms with Gasteiger partial charge in [0.2, 0.25) is 10.0 Å². The molecule has 9 heteroatoms. The molecule has 1 heterocycles. The van der Waals surface area contributed by atoms with E-state index in [-0.39, 0.29) is 11.4 Å². The summed E-state index contributed by atoms with van der Waals surface area (Å²) >= 11 is 6.42. The van der Waals surface area contributed by atoms with Crippen LogP contribution < -0.4 is 10.5 Å². The number of aromatic nitrogens is 2. The van der Waals surface area contributed by atoms with Gasteiger partial charge in [0.05, 0.1) is 24.1 Å². The highest BCUT2D eigenvalue weighted by atomic mass is 79.9. The number of halogens is 2. The third kappa shape index (κ3) is 4.00. The first-order valence-corrected chi connectivity index (χ1v) is 8.88. The maximum Gasteiger partial charge on any atom is 0.243 e. The van der Waals surface area contributed by atoms with Crippen molar-refractivity contribution in [3.8, 4) is 0 Å². The van der Waals surface area contributed by atoms with Gasteiger partial charge in [0.1, 0.15) is 4.90 Å². The molecule has 0 aliphatic carbocycles. The summed E-state index contributed by atoms with van der Waals surface area (Å²) in [6, 6.07) is 3.07. The molecule has 0 spiro atoms. The number of nitrogens with two attached hydrogens (primary N) is 1. The van der Waals surface area contributed by atoms with Gasteiger partial charge in [-0.15, -0.1) is 0 Å². The van der Waals surface area contributed by atoms with Crippen LogP contribution in [0.4, 0.5) is 5.69 Å². The zero-order valence-electron chi connectivity index (χ0n) is 11.0. The topological polar surface area (TPSA) is 98.0 Å². The number of rotatable bonds is 4. The SMILES string of the molecule is Cc1cnc(CNS(=O)(=O)c2c(Br)cc(N)cc2Br)cn1. The van der Waals surface area contributed by atoms with E-state index in [9.17, 15) is 8.42 Å². The third-order valence-corrected chi connectivity index (χ3v) is 5.84. The van der Waals surface area contributed by atoms with E-state index in [4.69, 9.17) is 5.73 Å². The molecule has 0 aliphatic heterocycles. The van der Waals surface area contributed by atoms with Gasteiger partial charge in [-0.25, -0.2) is 13.1 Å². The van der Waals surface area contributed by atoms with E-state index >= 15 is 0 Å². The van der Waals surface area contributed by atoms with Gasteiger partial charge >= 0.3 is 0 Å². The van der Waals surface area contributed by atoms with Crippen LogP contribution in [0, 0.1) is 6.92 Å². The zero-order valence-corrected chi connectivity index (χ0v) is 15.0. The van der Waals surface area contributed by atoms with Crippen LogP contribution in [-0.4, -0.2) is 18.4 Å². The maximum absolute atomic E-state index is 12.4. The summed E-state index contributed by atoms with van der Waals surface area (Å²) in [5.41, 5.74) is 7.42. The molecule has 0 aliphatic rings. The number of nitrogens with zero attached hydrogens (tertiary/aromatic N) is 2. The number of nitrogens with one attached hydrogen (secondary N) is 1. The van der Waals surface area contributed by atoms with Gasteiger partial charge < -0.3 is 5.73 Å². The number of nitrogen functional groups attached to an aromatic ring is 1. The molecule has 1 aromatic heterocycles. The van der Waals surface area contributed by atoms with E-state index < -0.39 is 10.0 Å². The second-order valence-electron chi connectivity index (χ2n) is 4.29. The van der Waals surface area contributed by atoms with Crippen molar-refractivity contribution in [2.45, 2.75) is 18.4 Å². The van der Waals surface area contributed by atoms with Crippen molar-refractivity contribution in [1.29, 1.82) is 0 Å². The van der Waals surface area contributed by atoms with Crippen LogP contribution in [0.15, 0.2) is 38.4 Å². The number of sulfonamides is 1. The van der Waals surface area contributed by atoms with Crippen LogP contribution in [-0.2, 0) is 16.6 Å². The van der Waals surface area contributed by atoms with Gasteiger partial charge in [-0.05, 0) is 50.9 Å². The molecule has 0 bridgehead atoms. The number of hydrogen-bond donors (Lipinski definition) is 2. The summed E-state index contributed by atoms with van der Waals surface area (Å²) in [7, 11) is -3.71. The molecule has 0 unspecified atom stereocenters. The number of anilines is 1. The second kappa shape index (κ2) is 6.39. The summed E-state index contributed by atoms with van der Waals surface area (Å²) in [5, 5.41) is 0. The Morgan fingerprint density at radius 2 is 1.81 bits per heavy atom. The lowest BCUT2D eigenvalue weighted by Crippen LogP contribution is -2.24. The lowest BCUT2D eigenvalue weighted by Gasteiger charge is -2.11. The Morgan fingerprint density at radius 3 is 2.33 bits per heavy atom. The Hall–Kier alpha value is -1.03. The normalized spacial score (nSPS) is 11.6. The van der Waals surface area contributed by atoms with E-state index in [1.807, 2.05) is 6.92 Å². The Bertz CT molecular complexity index is 740. The van der Waals surface area contributed by atoms with Crippen molar-refractivity contribution in [2.75, 3.05) is 5.73 Å². The van der Waals surface area contributed by atoms with E-state index in [1.54, 1.807) is 6.20 Å². The van der Waals surface area contributed by atoms with Gasteiger partial charge in [0, 0.05) is 20.8 Å². The molecule has 21 heavy (non-hydrogen) atoms. The first-order valence-electron chi connectivity index (χ1n) is 5.81. The fourth-order valence-corrected chi connectivity index (χ4v) is 5.20. The highest BCUT2D eigenvalue weighted by Crippen LogP contribution is 2.32. The summed E-state index contributed by atoms with van der Waals surface area (Å²) in [6.07, 6.45) is 3.11. The molecule has 0 atom stereocenters. The molecule has 1 aromatic carbocycles. The molecule has 2 rings (SSSR count). The fourth-order valence-electron chi connectivity index (χ4n) is 1.59. The van der Waals surface area contributed by atoms with Crippen molar-refractivity contribution in [3.63, 3.8) is 0 Å². The number of benzene rings is 1. The third-order valence-electron chi connectivity index (χ3n) is 2.57. The summed E-state index contributed by atoms with van der Waals surface area (Å²) in [5.74, 6) is 0. The predicted octanol–water partition coefficient (Wildman–Crippen LogP) is 2.37. The van der Waals surface area contributed by atoms with Crippen molar-refractivity contribution in [3.05, 3.63) is 44.9 Å². The second-order valence-corrected chi connectivity index (χ2v) is 7.70. The first kappa shape index (κ1) is 16.3.